The van der Waals surface area contributed by atoms with Gasteiger partial charge in [-0.1, -0.05) is 29.8 Å². The minimum atomic E-state index is -0.346. The smallest absolute Gasteiger partial charge is 0.255 e. The summed E-state index contributed by atoms with van der Waals surface area (Å²) in [6.45, 7) is 0.898. The monoisotopic (exact) mass is 666 g/mol. The maximum atomic E-state index is 14.1. The van der Waals surface area contributed by atoms with Gasteiger partial charge in [-0.2, -0.15) is 0 Å². The molecule has 3 heterocycles. The Morgan fingerprint density at radius 3 is 2.63 bits per heavy atom. The lowest BCUT2D eigenvalue weighted by molar-refractivity contribution is -0.133. The molecule has 43 heavy (non-hydrogen) atoms. The predicted molar refractivity (Wildman–Crippen MR) is 163 cm³/mol. The number of amides is 2. The Bertz CT molecular complexity index is 1740. The predicted octanol–water partition coefficient (Wildman–Crippen LogP) is 5.79. The van der Waals surface area contributed by atoms with Gasteiger partial charge in [-0.25, -0.2) is 0 Å². The Balaban J connectivity index is 1.32. The topological polar surface area (TPSA) is 98.5 Å². The second kappa shape index (κ2) is 12.8. The molecule has 0 bridgehead atoms. The minimum absolute atomic E-state index is 0.0466. The molecule has 2 aliphatic rings. The number of benzene rings is 3. The van der Waals surface area contributed by atoms with Crippen LogP contribution in [0.15, 0.2) is 80.6 Å². The molecule has 1 atom stereocenters. The van der Waals surface area contributed by atoms with Crippen molar-refractivity contribution in [2.75, 3.05) is 26.5 Å². The van der Waals surface area contributed by atoms with Gasteiger partial charge in [0.1, 0.15) is 12.1 Å². The molecule has 0 N–H and O–H groups in total. The van der Waals surface area contributed by atoms with Crippen LogP contribution in [-0.4, -0.2) is 54.2 Å². The van der Waals surface area contributed by atoms with Crippen LogP contribution in [0.25, 0.3) is 11.0 Å². The first-order valence-corrected chi connectivity index (χ1v) is 15.0. The first kappa shape index (κ1) is 29.2. The lowest BCUT2D eigenvalue weighted by atomic mass is 10.1. The molecular weight excluding hydrogens is 640 g/mol. The lowest BCUT2D eigenvalue weighted by Crippen LogP contribution is -2.45. The maximum Gasteiger partial charge on any atom is 0.255 e. The number of carbonyl (C=O) groups is 2. The Hall–Kier alpha value is -3.86. The second-order valence-corrected chi connectivity index (χ2v) is 11.8. The van der Waals surface area contributed by atoms with Crippen LogP contribution in [0, 0.1) is 0 Å². The van der Waals surface area contributed by atoms with Crippen molar-refractivity contribution in [1.29, 1.82) is 0 Å². The zero-order valence-electron chi connectivity index (χ0n) is 23.1. The molecule has 9 nitrogen and oxygen atoms in total. The number of rotatable bonds is 9. The Morgan fingerprint density at radius 1 is 0.977 bits per heavy atom. The molecule has 11 heteroatoms. The summed E-state index contributed by atoms with van der Waals surface area (Å²) in [7, 11) is 0. The van der Waals surface area contributed by atoms with E-state index in [4.69, 9.17) is 30.2 Å². The van der Waals surface area contributed by atoms with Crippen LogP contribution >= 0.6 is 27.5 Å². The molecule has 1 aromatic heterocycles. The number of halogens is 2. The number of hydrogen-bond acceptors (Lipinski definition) is 7. The molecule has 3 aromatic carbocycles. The van der Waals surface area contributed by atoms with Crippen molar-refractivity contribution in [3.63, 3.8) is 0 Å². The summed E-state index contributed by atoms with van der Waals surface area (Å²) >= 11 is 9.62. The van der Waals surface area contributed by atoms with Gasteiger partial charge in [0.25, 0.3) is 5.91 Å². The molecule has 0 aliphatic carbocycles. The summed E-state index contributed by atoms with van der Waals surface area (Å²) in [5.74, 6) is 0.560. The van der Waals surface area contributed by atoms with E-state index in [2.05, 4.69) is 15.9 Å². The van der Waals surface area contributed by atoms with Gasteiger partial charge < -0.3 is 28.4 Å². The fourth-order valence-electron chi connectivity index (χ4n) is 5.27. The minimum Gasteiger partial charge on any atom is -0.464 e. The van der Waals surface area contributed by atoms with Gasteiger partial charge in [0.15, 0.2) is 16.9 Å². The highest BCUT2D eigenvalue weighted by Crippen LogP contribution is 2.33. The molecule has 0 radical (unpaired) electrons. The number of carbonyl (C=O) groups excluding carboxylic acids is 2. The highest BCUT2D eigenvalue weighted by Gasteiger charge is 2.29. The lowest BCUT2D eigenvalue weighted by Gasteiger charge is -2.29. The third-order valence-electron chi connectivity index (χ3n) is 7.50. The van der Waals surface area contributed by atoms with Crippen molar-refractivity contribution >= 4 is 50.3 Å². The van der Waals surface area contributed by atoms with Crippen molar-refractivity contribution < 1.29 is 28.2 Å². The summed E-state index contributed by atoms with van der Waals surface area (Å²) < 4.78 is 23.2. The number of ether oxygens (including phenoxy) is 3. The van der Waals surface area contributed by atoms with Crippen LogP contribution in [0.2, 0.25) is 5.02 Å². The van der Waals surface area contributed by atoms with Gasteiger partial charge in [-0.3, -0.25) is 14.4 Å². The first-order valence-electron chi connectivity index (χ1n) is 13.9. The molecule has 1 fully saturated rings. The largest absolute Gasteiger partial charge is 0.464 e. The van der Waals surface area contributed by atoms with E-state index in [0.29, 0.717) is 44.1 Å². The van der Waals surface area contributed by atoms with E-state index in [0.717, 1.165) is 18.4 Å². The third kappa shape index (κ3) is 6.56. The standard InChI is InChI=1S/C32H28BrClN2O7/c33-26-6-2-1-5-24(26)32(39)36(16-23-4-3-11-40-23)17-30(37)35(14-20-7-9-28-29(12-20)43-19-42-28)15-21-18-41-27-10-8-22(34)13-25(27)31(21)38/h1-2,5-10,12-13,18,23H,3-4,11,14-17,19H2. The zero-order valence-corrected chi connectivity index (χ0v) is 25.4. The van der Waals surface area contributed by atoms with Gasteiger partial charge in [-0.05, 0) is 76.8 Å². The fraction of sp³-hybridized carbons (Fsp3) is 0.281. The van der Waals surface area contributed by atoms with Gasteiger partial charge in [-0.15, -0.1) is 0 Å². The van der Waals surface area contributed by atoms with Gasteiger partial charge >= 0.3 is 0 Å². The third-order valence-corrected chi connectivity index (χ3v) is 8.42. The maximum absolute atomic E-state index is 14.1. The zero-order chi connectivity index (χ0) is 29.9. The summed E-state index contributed by atoms with van der Waals surface area (Å²) in [5.41, 5.74) is 1.62. The van der Waals surface area contributed by atoms with Crippen LogP contribution in [0.4, 0.5) is 0 Å². The summed E-state index contributed by atoms with van der Waals surface area (Å²) in [4.78, 5) is 44.3. The number of nitrogens with zero attached hydrogens (tertiary/aromatic N) is 2. The first-order chi connectivity index (χ1) is 20.9. The highest BCUT2D eigenvalue weighted by atomic mass is 79.9. The fourth-order valence-corrected chi connectivity index (χ4v) is 5.90. The van der Waals surface area contributed by atoms with Gasteiger partial charge in [0, 0.05) is 29.2 Å². The average Bonchev–Trinajstić information content (AvgIpc) is 3.70. The number of hydrogen-bond donors (Lipinski definition) is 0. The van der Waals surface area contributed by atoms with Crippen LogP contribution < -0.4 is 14.9 Å². The normalized spacial score (nSPS) is 15.5. The Kier molecular flexibility index (Phi) is 8.69. The van der Waals surface area contributed by atoms with Crippen molar-refractivity contribution in [2.24, 2.45) is 0 Å². The second-order valence-electron chi connectivity index (χ2n) is 10.5. The van der Waals surface area contributed by atoms with E-state index < -0.39 is 0 Å². The van der Waals surface area contributed by atoms with Crippen LogP contribution in [0.5, 0.6) is 11.5 Å². The SMILES string of the molecule is O=C(CN(CC1CCCO1)C(=O)c1ccccc1Br)N(Cc1ccc2c(c1)OCO2)Cc1coc2ccc(Cl)cc2c1=O. The summed E-state index contributed by atoms with van der Waals surface area (Å²) in [6, 6.07) is 17.4. The van der Waals surface area contributed by atoms with Crippen LogP contribution in [0.1, 0.15) is 34.3 Å². The molecule has 1 saturated heterocycles. The molecule has 1 unspecified atom stereocenters. The molecule has 2 aliphatic heterocycles. The Morgan fingerprint density at radius 2 is 1.81 bits per heavy atom. The van der Waals surface area contributed by atoms with E-state index in [1.54, 1.807) is 42.5 Å². The summed E-state index contributed by atoms with van der Waals surface area (Å²) in [5, 5.41) is 0.727. The number of fused-ring (bicyclic) bond motifs is 2. The molecule has 6 rings (SSSR count). The van der Waals surface area contributed by atoms with Gasteiger partial charge in [0.2, 0.25) is 12.7 Å². The van der Waals surface area contributed by atoms with Crippen LogP contribution in [0.3, 0.4) is 0 Å². The molecule has 0 spiro atoms. The highest BCUT2D eigenvalue weighted by molar-refractivity contribution is 9.10. The van der Waals surface area contributed by atoms with Crippen molar-refractivity contribution in [1.82, 2.24) is 9.80 Å². The molecule has 2 amide bonds. The molecule has 4 aromatic rings. The summed E-state index contributed by atoms with van der Waals surface area (Å²) in [6.07, 6.45) is 2.90. The molecular formula is C32H28BrClN2O7. The van der Waals surface area contributed by atoms with E-state index in [9.17, 15) is 14.4 Å². The Labute approximate surface area is 261 Å². The van der Waals surface area contributed by atoms with Crippen LogP contribution in [-0.2, 0) is 22.6 Å². The quantitative estimate of drug-likeness (QED) is 0.223. The molecule has 0 saturated carbocycles. The van der Waals surface area contributed by atoms with E-state index in [1.807, 2.05) is 18.2 Å². The van der Waals surface area contributed by atoms with Gasteiger partial charge in [0.05, 0.1) is 35.4 Å². The average molecular weight is 668 g/mol. The van der Waals surface area contributed by atoms with E-state index in [-0.39, 0.29) is 61.9 Å². The van der Waals surface area contributed by atoms with E-state index >= 15 is 0 Å². The van der Waals surface area contributed by atoms with Crippen molar-refractivity contribution in [3.8, 4) is 11.5 Å². The van der Waals surface area contributed by atoms with Crippen molar-refractivity contribution in [2.45, 2.75) is 32.0 Å². The van der Waals surface area contributed by atoms with E-state index in [1.165, 1.54) is 16.1 Å². The van der Waals surface area contributed by atoms with Crippen molar-refractivity contribution in [3.05, 3.63) is 103 Å². The molecule has 222 valence electrons.